The first kappa shape index (κ1) is 10.3. The van der Waals surface area contributed by atoms with Crippen molar-refractivity contribution in [1.29, 1.82) is 5.41 Å². The third kappa shape index (κ3) is 1.11. The van der Waals surface area contributed by atoms with E-state index in [4.69, 9.17) is 5.41 Å². The molecular formula is C14H14N2O. The number of carbonyl (C=O) groups excluding carboxylic acids is 1. The van der Waals surface area contributed by atoms with Crippen LogP contribution in [-0.4, -0.2) is 16.5 Å². The highest BCUT2D eigenvalue weighted by atomic mass is 16.2. The van der Waals surface area contributed by atoms with Crippen LogP contribution in [0.25, 0.3) is 6.08 Å². The maximum atomic E-state index is 11.9. The standard InChI is InChI=1S/C14H14N2O/c1-2-14-11-6-4-3-5-10(11)7-8-16(14)13(17)9-12(14)15/h3-8,15H,2,9H2,1H3. The number of nitrogens with zero attached hydrogens (tertiary/aromatic N) is 1. The van der Waals surface area contributed by atoms with Gasteiger partial charge in [-0.25, -0.2) is 0 Å². The highest BCUT2D eigenvalue weighted by Crippen LogP contribution is 2.44. The molecule has 86 valence electrons. The van der Waals surface area contributed by atoms with E-state index < -0.39 is 5.54 Å². The van der Waals surface area contributed by atoms with Crippen molar-refractivity contribution in [2.45, 2.75) is 25.3 Å². The molecule has 1 amide bonds. The van der Waals surface area contributed by atoms with Crippen molar-refractivity contribution in [3.63, 3.8) is 0 Å². The van der Waals surface area contributed by atoms with Crippen LogP contribution >= 0.6 is 0 Å². The predicted molar refractivity (Wildman–Crippen MR) is 66.6 cm³/mol. The SMILES string of the molecule is CCC12C(=N)CC(=O)N1C=Cc1ccccc12. The van der Waals surface area contributed by atoms with Gasteiger partial charge in [-0.05, 0) is 23.6 Å². The molecule has 0 saturated carbocycles. The fraction of sp³-hybridized carbons (Fsp3) is 0.286. The Labute approximate surface area is 100 Å². The van der Waals surface area contributed by atoms with E-state index in [0.29, 0.717) is 5.71 Å². The Bertz CT molecular complexity index is 547. The molecule has 1 fully saturated rings. The zero-order valence-corrected chi connectivity index (χ0v) is 9.73. The van der Waals surface area contributed by atoms with Crippen LogP contribution in [0.4, 0.5) is 0 Å². The van der Waals surface area contributed by atoms with Gasteiger partial charge < -0.3 is 10.3 Å². The fourth-order valence-corrected chi connectivity index (χ4v) is 2.99. The van der Waals surface area contributed by atoms with Crippen LogP contribution in [0, 0.1) is 5.41 Å². The summed E-state index contributed by atoms with van der Waals surface area (Å²) in [5.74, 6) is 0.0302. The van der Waals surface area contributed by atoms with E-state index in [0.717, 1.165) is 17.5 Å². The van der Waals surface area contributed by atoms with Gasteiger partial charge in [0.15, 0.2) is 0 Å². The first-order valence-corrected chi connectivity index (χ1v) is 5.88. The van der Waals surface area contributed by atoms with Crippen LogP contribution in [0.2, 0.25) is 0 Å². The first-order chi connectivity index (χ1) is 8.20. The molecule has 0 aliphatic carbocycles. The molecule has 0 aromatic heterocycles. The van der Waals surface area contributed by atoms with E-state index in [1.807, 2.05) is 43.5 Å². The Kier molecular flexibility index (Phi) is 1.99. The second kappa shape index (κ2) is 3.29. The normalized spacial score (nSPS) is 26.1. The Balaban J connectivity index is 2.30. The predicted octanol–water partition coefficient (Wildman–Crippen LogP) is 2.53. The van der Waals surface area contributed by atoms with Crippen LogP contribution in [0.15, 0.2) is 30.5 Å². The molecule has 1 saturated heterocycles. The lowest BCUT2D eigenvalue weighted by Crippen LogP contribution is -2.45. The molecule has 17 heavy (non-hydrogen) atoms. The highest BCUT2D eigenvalue weighted by molar-refractivity contribution is 6.13. The summed E-state index contributed by atoms with van der Waals surface area (Å²) in [5.41, 5.74) is 2.19. The minimum absolute atomic E-state index is 0.0302. The van der Waals surface area contributed by atoms with Gasteiger partial charge in [-0.2, -0.15) is 0 Å². The lowest BCUT2D eigenvalue weighted by atomic mass is 9.79. The summed E-state index contributed by atoms with van der Waals surface area (Å²) in [6, 6.07) is 8.03. The average molecular weight is 226 g/mol. The van der Waals surface area contributed by atoms with Gasteiger partial charge in [-0.1, -0.05) is 31.2 Å². The van der Waals surface area contributed by atoms with Gasteiger partial charge in [0.25, 0.3) is 0 Å². The summed E-state index contributed by atoms with van der Waals surface area (Å²) in [4.78, 5) is 13.7. The summed E-state index contributed by atoms with van der Waals surface area (Å²) < 4.78 is 0. The number of amides is 1. The van der Waals surface area contributed by atoms with Gasteiger partial charge in [0.05, 0.1) is 6.42 Å². The zero-order chi connectivity index (χ0) is 12.0. The number of hydrogen-bond acceptors (Lipinski definition) is 2. The first-order valence-electron chi connectivity index (χ1n) is 5.88. The van der Waals surface area contributed by atoms with Gasteiger partial charge in [-0.3, -0.25) is 4.79 Å². The quantitative estimate of drug-likeness (QED) is 0.785. The summed E-state index contributed by atoms with van der Waals surface area (Å²) >= 11 is 0. The van der Waals surface area contributed by atoms with Crippen molar-refractivity contribution in [2.75, 3.05) is 0 Å². The molecule has 1 unspecified atom stereocenters. The molecule has 1 atom stereocenters. The molecule has 0 radical (unpaired) electrons. The molecule has 3 heteroatoms. The number of hydrogen-bond donors (Lipinski definition) is 1. The number of benzene rings is 1. The summed E-state index contributed by atoms with van der Waals surface area (Å²) in [6.45, 7) is 2.04. The van der Waals surface area contributed by atoms with Gasteiger partial charge in [0.2, 0.25) is 5.91 Å². The van der Waals surface area contributed by atoms with Crippen LogP contribution in [0.1, 0.15) is 30.9 Å². The smallest absolute Gasteiger partial charge is 0.233 e. The maximum Gasteiger partial charge on any atom is 0.233 e. The number of nitrogens with one attached hydrogen (secondary N) is 1. The Morgan fingerprint density at radius 1 is 1.41 bits per heavy atom. The lowest BCUT2D eigenvalue weighted by molar-refractivity contribution is -0.128. The molecule has 1 N–H and O–H groups in total. The topological polar surface area (TPSA) is 44.2 Å². The Morgan fingerprint density at radius 2 is 2.18 bits per heavy atom. The molecule has 2 aliphatic rings. The van der Waals surface area contributed by atoms with Gasteiger partial charge in [0, 0.05) is 11.9 Å². The minimum atomic E-state index is -0.525. The number of fused-ring (bicyclic) bond motifs is 3. The third-order valence-electron chi connectivity index (χ3n) is 3.83. The van der Waals surface area contributed by atoms with Crippen LogP contribution in [-0.2, 0) is 10.3 Å². The van der Waals surface area contributed by atoms with Crippen molar-refractivity contribution >= 4 is 17.7 Å². The molecule has 0 bridgehead atoms. The van der Waals surface area contributed by atoms with Crippen molar-refractivity contribution in [3.8, 4) is 0 Å². The van der Waals surface area contributed by atoms with E-state index in [2.05, 4.69) is 0 Å². The van der Waals surface area contributed by atoms with Crippen molar-refractivity contribution in [1.82, 2.24) is 4.90 Å². The summed E-state index contributed by atoms with van der Waals surface area (Å²) in [7, 11) is 0. The average Bonchev–Trinajstić information content (AvgIpc) is 2.61. The third-order valence-corrected chi connectivity index (χ3v) is 3.83. The lowest BCUT2D eigenvalue weighted by Gasteiger charge is -2.39. The van der Waals surface area contributed by atoms with Gasteiger partial charge in [0.1, 0.15) is 5.54 Å². The largest absolute Gasteiger partial charge is 0.306 e. The second-order valence-corrected chi connectivity index (χ2v) is 4.54. The molecule has 2 aliphatic heterocycles. The number of rotatable bonds is 1. The van der Waals surface area contributed by atoms with Gasteiger partial charge >= 0.3 is 0 Å². The van der Waals surface area contributed by atoms with E-state index in [1.54, 1.807) is 4.90 Å². The number of carbonyl (C=O) groups is 1. The van der Waals surface area contributed by atoms with Crippen LogP contribution in [0.5, 0.6) is 0 Å². The van der Waals surface area contributed by atoms with Crippen molar-refractivity contribution < 1.29 is 4.79 Å². The fourth-order valence-electron chi connectivity index (χ4n) is 2.99. The highest BCUT2D eigenvalue weighted by Gasteiger charge is 2.50. The van der Waals surface area contributed by atoms with Crippen LogP contribution < -0.4 is 0 Å². The van der Waals surface area contributed by atoms with E-state index in [1.165, 1.54) is 0 Å². The molecule has 1 aromatic carbocycles. The van der Waals surface area contributed by atoms with Crippen molar-refractivity contribution in [3.05, 3.63) is 41.6 Å². The summed E-state index contributed by atoms with van der Waals surface area (Å²) in [5, 5.41) is 8.19. The van der Waals surface area contributed by atoms with Crippen LogP contribution in [0.3, 0.4) is 0 Å². The maximum absolute atomic E-state index is 11.9. The van der Waals surface area contributed by atoms with E-state index >= 15 is 0 Å². The summed E-state index contributed by atoms with van der Waals surface area (Å²) in [6.07, 6.45) is 4.78. The molecule has 3 rings (SSSR count). The molecule has 1 aromatic rings. The Morgan fingerprint density at radius 3 is 2.94 bits per heavy atom. The molecule has 2 heterocycles. The molecular weight excluding hydrogens is 212 g/mol. The zero-order valence-electron chi connectivity index (χ0n) is 9.73. The van der Waals surface area contributed by atoms with Gasteiger partial charge in [-0.15, -0.1) is 0 Å². The minimum Gasteiger partial charge on any atom is -0.306 e. The second-order valence-electron chi connectivity index (χ2n) is 4.54. The Hall–Kier alpha value is -1.90. The van der Waals surface area contributed by atoms with E-state index in [-0.39, 0.29) is 12.3 Å². The molecule has 0 spiro atoms. The van der Waals surface area contributed by atoms with E-state index in [9.17, 15) is 4.79 Å². The molecule has 3 nitrogen and oxygen atoms in total. The monoisotopic (exact) mass is 226 g/mol. The van der Waals surface area contributed by atoms with Crippen molar-refractivity contribution in [2.24, 2.45) is 0 Å².